The highest BCUT2D eigenvalue weighted by Gasteiger charge is 2.08. The molecule has 0 fully saturated rings. The normalized spacial score (nSPS) is 10.6. The molecule has 0 aromatic carbocycles. The smallest absolute Gasteiger partial charge is 0.312 e. The van der Waals surface area contributed by atoms with Crippen LogP contribution in [0.4, 0.5) is 0 Å². The monoisotopic (exact) mass is 213 g/mol. The molecule has 78 valence electrons. The molecule has 0 aliphatic rings. The third-order valence-electron chi connectivity index (χ3n) is 1.74. The Morgan fingerprint density at radius 1 is 1.64 bits per heavy atom. The highest BCUT2D eigenvalue weighted by molar-refractivity contribution is 7.09. The van der Waals surface area contributed by atoms with Gasteiger partial charge in [0, 0.05) is 5.38 Å². The summed E-state index contributed by atoms with van der Waals surface area (Å²) in [5.74, 6) is 0.374. The van der Waals surface area contributed by atoms with Gasteiger partial charge in [-0.25, -0.2) is 4.98 Å². The highest BCUT2D eigenvalue weighted by Crippen LogP contribution is 2.14. The number of carbonyl (C=O) groups excluding carboxylic acids is 1. The molecule has 0 N–H and O–H groups in total. The molecule has 4 heteroatoms. The summed E-state index contributed by atoms with van der Waals surface area (Å²) in [7, 11) is 1.39. The van der Waals surface area contributed by atoms with Crippen LogP contribution in [0.3, 0.4) is 0 Å². The molecule has 0 aliphatic carbocycles. The van der Waals surface area contributed by atoms with Crippen molar-refractivity contribution >= 4 is 17.3 Å². The number of nitrogens with zero attached hydrogens (tertiary/aromatic N) is 1. The van der Waals surface area contributed by atoms with Crippen LogP contribution in [-0.4, -0.2) is 18.1 Å². The molecule has 0 atom stereocenters. The maximum atomic E-state index is 11.0. The Hall–Kier alpha value is -0.900. The lowest BCUT2D eigenvalue weighted by molar-refractivity contribution is -0.139. The fourth-order valence-electron chi connectivity index (χ4n) is 1.14. The average Bonchev–Trinajstić information content (AvgIpc) is 2.51. The number of hydrogen-bond donors (Lipinski definition) is 0. The number of carbonyl (C=O) groups is 1. The van der Waals surface area contributed by atoms with E-state index in [0.29, 0.717) is 12.3 Å². The van der Waals surface area contributed by atoms with E-state index in [0.717, 1.165) is 17.1 Å². The molecule has 14 heavy (non-hydrogen) atoms. The molecule has 0 radical (unpaired) electrons. The van der Waals surface area contributed by atoms with Gasteiger partial charge in [0.1, 0.15) is 5.01 Å². The number of rotatable bonds is 4. The zero-order valence-corrected chi connectivity index (χ0v) is 9.56. The van der Waals surface area contributed by atoms with Crippen molar-refractivity contribution in [2.24, 2.45) is 5.92 Å². The van der Waals surface area contributed by atoms with Gasteiger partial charge < -0.3 is 4.74 Å². The van der Waals surface area contributed by atoms with Crippen LogP contribution in [0, 0.1) is 5.92 Å². The van der Waals surface area contributed by atoms with Crippen LogP contribution < -0.4 is 0 Å². The lowest BCUT2D eigenvalue weighted by atomic mass is 10.1. The molecule has 3 nitrogen and oxygen atoms in total. The summed E-state index contributed by atoms with van der Waals surface area (Å²) in [4.78, 5) is 15.3. The van der Waals surface area contributed by atoms with Crippen LogP contribution in [0.25, 0.3) is 0 Å². The van der Waals surface area contributed by atoms with Gasteiger partial charge in [0.25, 0.3) is 0 Å². The summed E-state index contributed by atoms with van der Waals surface area (Å²) in [6.45, 7) is 4.30. The van der Waals surface area contributed by atoms with Crippen LogP contribution in [-0.2, 0) is 22.4 Å². The number of esters is 1. The van der Waals surface area contributed by atoms with Crippen molar-refractivity contribution in [1.82, 2.24) is 4.98 Å². The first-order valence-electron chi connectivity index (χ1n) is 4.62. The van der Waals surface area contributed by atoms with Gasteiger partial charge in [-0.3, -0.25) is 4.79 Å². The molecule has 0 amide bonds. The first kappa shape index (κ1) is 11.2. The van der Waals surface area contributed by atoms with Gasteiger partial charge in [-0.1, -0.05) is 13.8 Å². The minimum Gasteiger partial charge on any atom is -0.469 e. The molecule has 0 saturated carbocycles. The van der Waals surface area contributed by atoms with E-state index < -0.39 is 0 Å². The maximum Gasteiger partial charge on any atom is 0.312 e. The molecular formula is C10H15NO2S. The van der Waals surface area contributed by atoms with Crippen molar-refractivity contribution in [1.29, 1.82) is 0 Å². The molecule has 0 aliphatic heterocycles. The van der Waals surface area contributed by atoms with E-state index in [4.69, 9.17) is 0 Å². The summed E-state index contributed by atoms with van der Waals surface area (Å²) in [6, 6.07) is 0. The van der Waals surface area contributed by atoms with E-state index in [1.165, 1.54) is 18.4 Å². The van der Waals surface area contributed by atoms with E-state index in [-0.39, 0.29) is 5.97 Å². The molecule has 0 saturated heterocycles. The van der Waals surface area contributed by atoms with Gasteiger partial charge in [0.15, 0.2) is 0 Å². The van der Waals surface area contributed by atoms with Gasteiger partial charge in [-0.15, -0.1) is 11.3 Å². The van der Waals surface area contributed by atoms with Gasteiger partial charge in [0.05, 0.1) is 19.2 Å². The van der Waals surface area contributed by atoms with Crippen LogP contribution in [0.1, 0.15) is 24.5 Å². The molecule has 0 spiro atoms. The number of hydrogen-bond acceptors (Lipinski definition) is 4. The Bertz CT molecular complexity index is 307. The molecular weight excluding hydrogens is 198 g/mol. The zero-order chi connectivity index (χ0) is 10.6. The summed E-state index contributed by atoms with van der Waals surface area (Å²) < 4.78 is 4.57. The van der Waals surface area contributed by atoms with E-state index in [9.17, 15) is 4.79 Å². The molecule has 0 bridgehead atoms. The Labute approximate surface area is 88.1 Å². The SMILES string of the molecule is COC(=O)Cc1nc(CC(C)C)cs1. The number of ether oxygens (including phenoxy) is 1. The van der Waals surface area contributed by atoms with Gasteiger partial charge >= 0.3 is 5.97 Å². The first-order chi connectivity index (χ1) is 6.61. The van der Waals surface area contributed by atoms with E-state index in [1.807, 2.05) is 5.38 Å². The van der Waals surface area contributed by atoms with E-state index in [1.54, 1.807) is 0 Å². The first-order valence-corrected chi connectivity index (χ1v) is 5.50. The molecule has 0 unspecified atom stereocenters. The fraction of sp³-hybridized carbons (Fsp3) is 0.600. The summed E-state index contributed by atoms with van der Waals surface area (Å²) >= 11 is 1.52. The predicted molar refractivity (Wildman–Crippen MR) is 56.4 cm³/mol. The van der Waals surface area contributed by atoms with Crippen molar-refractivity contribution in [2.45, 2.75) is 26.7 Å². The van der Waals surface area contributed by atoms with Crippen molar-refractivity contribution in [3.8, 4) is 0 Å². The predicted octanol–water partition coefficient (Wildman–Crippen LogP) is 2.06. The van der Waals surface area contributed by atoms with E-state index >= 15 is 0 Å². The van der Waals surface area contributed by atoms with Crippen LogP contribution in [0.5, 0.6) is 0 Å². The van der Waals surface area contributed by atoms with Gasteiger partial charge in [-0.05, 0) is 12.3 Å². The Morgan fingerprint density at radius 2 is 2.36 bits per heavy atom. The summed E-state index contributed by atoms with van der Waals surface area (Å²) in [5.41, 5.74) is 1.07. The minimum absolute atomic E-state index is 0.226. The van der Waals surface area contributed by atoms with Gasteiger partial charge in [-0.2, -0.15) is 0 Å². The topological polar surface area (TPSA) is 39.2 Å². The number of aromatic nitrogens is 1. The van der Waals surface area contributed by atoms with Crippen LogP contribution >= 0.6 is 11.3 Å². The van der Waals surface area contributed by atoms with Crippen LogP contribution in [0.15, 0.2) is 5.38 Å². The molecule has 1 rings (SSSR count). The second-order valence-electron chi connectivity index (χ2n) is 3.58. The quantitative estimate of drug-likeness (QED) is 0.719. The molecule has 1 aromatic heterocycles. The summed E-state index contributed by atoms with van der Waals surface area (Å²) in [6.07, 6.45) is 1.26. The lowest BCUT2D eigenvalue weighted by Crippen LogP contribution is -2.04. The molecule has 1 heterocycles. The third-order valence-corrected chi connectivity index (χ3v) is 2.64. The van der Waals surface area contributed by atoms with Crippen molar-refractivity contribution < 1.29 is 9.53 Å². The van der Waals surface area contributed by atoms with Gasteiger partial charge in [0.2, 0.25) is 0 Å². The largest absolute Gasteiger partial charge is 0.469 e. The average molecular weight is 213 g/mol. The Kier molecular flexibility index (Phi) is 4.07. The molecule has 1 aromatic rings. The summed E-state index contributed by atoms with van der Waals surface area (Å²) in [5, 5.41) is 2.85. The van der Waals surface area contributed by atoms with Crippen molar-refractivity contribution in [3.05, 3.63) is 16.1 Å². The second kappa shape index (κ2) is 5.10. The third kappa shape index (κ3) is 3.46. The Balaban J connectivity index is 2.55. The number of methoxy groups -OCH3 is 1. The highest BCUT2D eigenvalue weighted by atomic mass is 32.1. The van der Waals surface area contributed by atoms with Crippen molar-refractivity contribution in [2.75, 3.05) is 7.11 Å². The standard InChI is InChI=1S/C10H15NO2S/c1-7(2)4-8-6-14-9(11-8)5-10(12)13-3/h6-7H,4-5H2,1-3H3. The minimum atomic E-state index is -0.226. The zero-order valence-electron chi connectivity index (χ0n) is 8.74. The van der Waals surface area contributed by atoms with E-state index in [2.05, 4.69) is 23.6 Å². The number of thiazole rings is 1. The Morgan fingerprint density at radius 3 is 2.93 bits per heavy atom. The maximum absolute atomic E-state index is 11.0. The second-order valence-corrected chi connectivity index (χ2v) is 4.53. The van der Waals surface area contributed by atoms with Crippen LogP contribution in [0.2, 0.25) is 0 Å². The fourth-order valence-corrected chi connectivity index (χ4v) is 1.93. The van der Waals surface area contributed by atoms with Crippen molar-refractivity contribution in [3.63, 3.8) is 0 Å². The lowest BCUT2D eigenvalue weighted by Gasteiger charge is -1.99.